The molecule has 5 nitrogen and oxygen atoms in total. The molecule has 3 aromatic rings. The highest BCUT2D eigenvalue weighted by atomic mass is 35.5. The van der Waals surface area contributed by atoms with Crippen molar-refractivity contribution in [2.45, 2.75) is 13.0 Å². The van der Waals surface area contributed by atoms with Gasteiger partial charge in [0.1, 0.15) is 6.33 Å². The van der Waals surface area contributed by atoms with E-state index in [1.807, 2.05) is 37.3 Å². The van der Waals surface area contributed by atoms with Crippen molar-refractivity contribution in [2.75, 3.05) is 6.61 Å². The minimum atomic E-state index is -0.263. The van der Waals surface area contributed by atoms with E-state index >= 15 is 0 Å². The number of halogens is 2. The number of amides is 1. The maximum absolute atomic E-state index is 12.1. The summed E-state index contributed by atoms with van der Waals surface area (Å²) < 4.78 is 5.55. The lowest BCUT2D eigenvalue weighted by Crippen LogP contribution is -2.31. The number of rotatable bonds is 5. The van der Waals surface area contributed by atoms with Gasteiger partial charge in [0.25, 0.3) is 5.91 Å². The van der Waals surface area contributed by atoms with Gasteiger partial charge in [-0.15, -0.1) is 0 Å². The summed E-state index contributed by atoms with van der Waals surface area (Å²) >= 11 is 11.9. The normalized spacial score (nSPS) is 12.0. The Bertz CT molecular complexity index is 912. The van der Waals surface area contributed by atoms with Crippen molar-refractivity contribution >= 4 is 40.0 Å². The van der Waals surface area contributed by atoms with Crippen molar-refractivity contribution in [3.05, 3.63) is 64.4 Å². The lowest BCUT2D eigenvalue weighted by atomic mass is 10.1. The molecule has 0 aliphatic heterocycles. The van der Waals surface area contributed by atoms with Crippen molar-refractivity contribution in [1.29, 1.82) is 0 Å². The molecule has 0 saturated heterocycles. The average Bonchev–Trinajstić information content (AvgIpc) is 2.62. The van der Waals surface area contributed by atoms with Crippen LogP contribution in [-0.2, 0) is 4.79 Å². The molecule has 25 heavy (non-hydrogen) atoms. The third kappa shape index (κ3) is 4.18. The summed E-state index contributed by atoms with van der Waals surface area (Å²) in [6.07, 6.45) is 1.41. The second-order valence-electron chi connectivity index (χ2n) is 5.45. The molecule has 0 radical (unpaired) electrons. The van der Waals surface area contributed by atoms with Crippen molar-refractivity contribution in [3.63, 3.8) is 0 Å². The molecular weight excluding hydrogens is 361 g/mol. The molecule has 0 aliphatic rings. The largest absolute Gasteiger partial charge is 0.467 e. The monoisotopic (exact) mass is 375 g/mol. The topological polar surface area (TPSA) is 64.1 Å². The van der Waals surface area contributed by atoms with E-state index in [4.69, 9.17) is 27.9 Å². The standard InChI is InChI=1S/C18H15Cl2N3O2/c1-11(12-6-7-14(19)15(20)8-12)23-17(24)9-25-18-13-4-2-3-5-16(13)21-10-22-18/h2-8,10-11H,9H2,1H3,(H,23,24). The van der Waals surface area contributed by atoms with Crippen LogP contribution >= 0.6 is 23.2 Å². The van der Waals surface area contributed by atoms with Crippen LogP contribution in [-0.4, -0.2) is 22.5 Å². The zero-order chi connectivity index (χ0) is 17.8. The molecule has 1 amide bonds. The molecule has 0 fully saturated rings. The lowest BCUT2D eigenvalue weighted by Gasteiger charge is -2.15. The first kappa shape index (κ1) is 17.5. The van der Waals surface area contributed by atoms with E-state index in [0.29, 0.717) is 15.9 Å². The highest BCUT2D eigenvalue weighted by Crippen LogP contribution is 2.25. The fraction of sp³-hybridized carbons (Fsp3) is 0.167. The van der Waals surface area contributed by atoms with Crippen LogP contribution in [0, 0.1) is 0 Å². The lowest BCUT2D eigenvalue weighted by molar-refractivity contribution is -0.123. The van der Waals surface area contributed by atoms with Crippen molar-refractivity contribution in [1.82, 2.24) is 15.3 Å². The fourth-order valence-electron chi connectivity index (χ4n) is 2.38. The number of nitrogens with one attached hydrogen (secondary N) is 1. The summed E-state index contributed by atoms with van der Waals surface area (Å²) in [5.74, 6) is 0.115. The Balaban J connectivity index is 1.63. The molecule has 7 heteroatoms. The van der Waals surface area contributed by atoms with Crippen molar-refractivity contribution in [2.24, 2.45) is 0 Å². The first-order valence-corrected chi connectivity index (χ1v) is 8.37. The molecule has 128 valence electrons. The van der Waals surface area contributed by atoms with Gasteiger partial charge in [0.05, 0.1) is 27.0 Å². The van der Waals surface area contributed by atoms with Gasteiger partial charge in [0.2, 0.25) is 5.88 Å². The predicted molar refractivity (Wildman–Crippen MR) is 98.1 cm³/mol. The van der Waals surface area contributed by atoms with Gasteiger partial charge < -0.3 is 10.1 Å². The molecule has 0 aliphatic carbocycles. The number of hydrogen-bond acceptors (Lipinski definition) is 4. The molecule has 1 atom stereocenters. The van der Waals surface area contributed by atoms with E-state index in [1.54, 1.807) is 12.1 Å². The maximum Gasteiger partial charge on any atom is 0.258 e. The number of nitrogens with zero attached hydrogens (tertiary/aromatic N) is 2. The number of hydrogen-bond donors (Lipinski definition) is 1. The molecule has 0 spiro atoms. The van der Waals surface area contributed by atoms with E-state index in [-0.39, 0.29) is 18.6 Å². The smallest absolute Gasteiger partial charge is 0.258 e. The van der Waals surface area contributed by atoms with E-state index in [0.717, 1.165) is 16.5 Å². The molecule has 1 aromatic heterocycles. The number of benzene rings is 2. The molecule has 0 bridgehead atoms. The van der Waals surface area contributed by atoms with Crippen molar-refractivity contribution < 1.29 is 9.53 Å². The Morgan fingerprint density at radius 2 is 1.96 bits per heavy atom. The molecule has 3 rings (SSSR count). The Morgan fingerprint density at radius 1 is 1.16 bits per heavy atom. The van der Waals surface area contributed by atoms with Gasteiger partial charge in [0, 0.05) is 0 Å². The summed E-state index contributed by atoms with van der Waals surface area (Å²) in [5, 5.41) is 4.53. The van der Waals surface area contributed by atoms with Crippen LogP contribution in [0.3, 0.4) is 0 Å². The van der Waals surface area contributed by atoms with Gasteiger partial charge >= 0.3 is 0 Å². The second kappa shape index (κ2) is 7.68. The molecule has 0 saturated carbocycles. The molecule has 1 unspecified atom stereocenters. The molecular formula is C18H15Cl2N3O2. The van der Waals surface area contributed by atoms with Gasteiger partial charge in [-0.3, -0.25) is 4.79 Å². The summed E-state index contributed by atoms with van der Waals surface area (Å²) in [6.45, 7) is 1.71. The first-order chi connectivity index (χ1) is 12.0. The van der Waals surface area contributed by atoms with Gasteiger partial charge in [-0.25, -0.2) is 9.97 Å². The van der Waals surface area contributed by atoms with Crippen LogP contribution in [0.25, 0.3) is 10.9 Å². The van der Waals surface area contributed by atoms with E-state index < -0.39 is 0 Å². The van der Waals surface area contributed by atoms with Gasteiger partial charge in [0.15, 0.2) is 6.61 Å². The first-order valence-electron chi connectivity index (χ1n) is 7.61. The number of para-hydroxylation sites is 1. The number of aromatic nitrogens is 2. The Kier molecular flexibility index (Phi) is 5.36. The third-order valence-corrected chi connectivity index (χ3v) is 4.41. The number of carbonyl (C=O) groups excluding carboxylic acids is 1. The van der Waals surface area contributed by atoms with E-state index in [9.17, 15) is 4.79 Å². The number of ether oxygens (including phenoxy) is 1. The van der Waals surface area contributed by atoms with E-state index in [2.05, 4.69) is 15.3 Å². The predicted octanol–water partition coefficient (Wildman–Crippen LogP) is 4.19. The number of carbonyl (C=O) groups is 1. The van der Waals surface area contributed by atoms with Crippen molar-refractivity contribution in [3.8, 4) is 5.88 Å². The summed E-state index contributed by atoms with van der Waals surface area (Å²) in [7, 11) is 0. The Morgan fingerprint density at radius 3 is 2.76 bits per heavy atom. The fourth-order valence-corrected chi connectivity index (χ4v) is 2.68. The van der Waals surface area contributed by atoms with Crippen LogP contribution in [0.2, 0.25) is 10.0 Å². The average molecular weight is 376 g/mol. The summed E-state index contributed by atoms with van der Waals surface area (Å²) in [6, 6.07) is 12.5. The van der Waals surface area contributed by atoms with E-state index in [1.165, 1.54) is 6.33 Å². The molecule has 1 N–H and O–H groups in total. The van der Waals surface area contributed by atoms with Gasteiger partial charge in [-0.05, 0) is 36.8 Å². The highest BCUT2D eigenvalue weighted by molar-refractivity contribution is 6.42. The zero-order valence-electron chi connectivity index (χ0n) is 13.4. The molecule has 2 aromatic carbocycles. The van der Waals surface area contributed by atoms with Crippen LogP contribution in [0.4, 0.5) is 0 Å². The SMILES string of the molecule is CC(NC(=O)COc1ncnc2ccccc12)c1ccc(Cl)c(Cl)c1. The second-order valence-corrected chi connectivity index (χ2v) is 6.26. The quantitative estimate of drug-likeness (QED) is 0.725. The third-order valence-electron chi connectivity index (χ3n) is 3.67. The molecule has 1 heterocycles. The van der Waals surface area contributed by atoms with Crippen LogP contribution in [0.1, 0.15) is 18.5 Å². The minimum absolute atomic E-state index is 0.146. The van der Waals surface area contributed by atoms with Crippen LogP contribution in [0.5, 0.6) is 5.88 Å². The minimum Gasteiger partial charge on any atom is -0.467 e. The Hall–Kier alpha value is -2.37. The zero-order valence-corrected chi connectivity index (χ0v) is 14.9. The highest BCUT2D eigenvalue weighted by Gasteiger charge is 2.13. The maximum atomic E-state index is 12.1. The summed E-state index contributed by atoms with van der Waals surface area (Å²) in [4.78, 5) is 20.4. The van der Waals surface area contributed by atoms with Gasteiger partial charge in [-0.2, -0.15) is 0 Å². The van der Waals surface area contributed by atoms with Crippen LogP contribution in [0.15, 0.2) is 48.8 Å². The van der Waals surface area contributed by atoms with Gasteiger partial charge in [-0.1, -0.05) is 41.4 Å². The number of fused-ring (bicyclic) bond motifs is 1. The Labute approximate surface area is 155 Å². The van der Waals surface area contributed by atoms with Crippen LogP contribution < -0.4 is 10.1 Å². The summed E-state index contributed by atoms with van der Waals surface area (Å²) in [5.41, 5.74) is 1.62.